The summed E-state index contributed by atoms with van der Waals surface area (Å²) >= 11 is 0. The van der Waals surface area contributed by atoms with Gasteiger partial charge in [0.25, 0.3) is 5.91 Å². The second kappa shape index (κ2) is 8.12. The van der Waals surface area contributed by atoms with Gasteiger partial charge in [0.05, 0.1) is 11.4 Å². The van der Waals surface area contributed by atoms with Gasteiger partial charge in [0.1, 0.15) is 5.41 Å². The van der Waals surface area contributed by atoms with E-state index in [1.165, 1.54) is 22.4 Å². The number of hydrogen-bond donors (Lipinski definition) is 0. The number of nitrogens with zero attached hydrogens (tertiary/aromatic N) is 3. The van der Waals surface area contributed by atoms with E-state index < -0.39 is 5.41 Å². The van der Waals surface area contributed by atoms with Crippen LogP contribution in [0.15, 0.2) is 84.0 Å². The van der Waals surface area contributed by atoms with Crippen LogP contribution in [0.3, 0.4) is 0 Å². The maximum atomic E-state index is 14.3. The summed E-state index contributed by atoms with van der Waals surface area (Å²) in [4.78, 5) is 16.8. The van der Waals surface area contributed by atoms with E-state index in [4.69, 9.17) is 5.10 Å². The number of fused-ring (bicyclic) bond motifs is 4. The minimum atomic E-state index is -0.616. The summed E-state index contributed by atoms with van der Waals surface area (Å²) in [6.07, 6.45) is 3.93. The van der Waals surface area contributed by atoms with Gasteiger partial charge in [-0.3, -0.25) is 4.79 Å². The Kier molecular flexibility index (Phi) is 5.05. The monoisotopic (exact) mass is 449 g/mol. The van der Waals surface area contributed by atoms with E-state index in [0.717, 1.165) is 43.6 Å². The molecule has 0 aromatic heterocycles. The minimum absolute atomic E-state index is 0.122. The van der Waals surface area contributed by atoms with Crippen LogP contribution >= 0.6 is 0 Å². The first-order valence-corrected chi connectivity index (χ1v) is 12.4. The van der Waals surface area contributed by atoms with Crippen LogP contribution in [0, 0.1) is 18.3 Å². The van der Waals surface area contributed by atoms with Gasteiger partial charge >= 0.3 is 0 Å². The number of aryl methyl sites for hydroxylation is 1. The summed E-state index contributed by atoms with van der Waals surface area (Å²) in [5.41, 5.74) is 6.31. The van der Waals surface area contributed by atoms with Gasteiger partial charge in [-0.05, 0) is 74.8 Å². The first-order chi connectivity index (χ1) is 16.6. The third-order valence-electron chi connectivity index (χ3n) is 8.17. The molecule has 6 rings (SSSR count). The van der Waals surface area contributed by atoms with Gasteiger partial charge in [-0.1, -0.05) is 66.2 Å². The van der Waals surface area contributed by atoms with Crippen molar-refractivity contribution in [3.63, 3.8) is 0 Å². The lowest BCUT2D eigenvalue weighted by Crippen LogP contribution is -2.62. The van der Waals surface area contributed by atoms with E-state index in [1.807, 2.05) is 12.1 Å². The molecule has 3 aromatic carbocycles. The van der Waals surface area contributed by atoms with Gasteiger partial charge in [-0.2, -0.15) is 10.1 Å². The fourth-order valence-corrected chi connectivity index (χ4v) is 6.36. The quantitative estimate of drug-likeness (QED) is 0.508. The van der Waals surface area contributed by atoms with Crippen molar-refractivity contribution in [2.45, 2.75) is 45.6 Å². The van der Waals surface area contributed by atoms with Gasteiger partial charge in [-0.15, -0.1) is 0 Å². The van der Waals surface area contributed by atoms with Crippen LogP contribution in [0.2, 0.25) is 0 Å². The van der Waals surface area contributed by atoms with Crippen LogP contribution in [0.1, 0.15) is 36.5 Å². The molecule has 0 N–H and O–H groups in total. The smallest absolute Gasteiger partial charge is 0.261 e. The molecule has 172 valence electrons. The number of carbonyl (C=O) groups excluding carboxylic acids is 1. The van der Waals surface area contributed by atoms with Crippen molar-refractivity contribution in [1.29, 1.82) is 0 Å². The van der Waals surface area contributed by atoms with Gasteiger partial charge in [0, 0.05) is 18.3 Å². The highest BCUT2D eigenvalue weighted by Crippen LogP contribution is 2.50. The Hall–Kier alpha value is -3.40. The van der Waals surface area contributed by atoms with E-state index in [0.29, 0.717) is 5.92 Å². The molecule has 0 unspecified atom stereocenters. The summed E-state index contributed by atoms with van der Waals surface area (Å²) < 4.78 is 0. The molecule has 1 fully saturated rings. The van der Waals surface area contributed by atoms with Crippen molar-refractivity contribution < 1.29 is 4.79 Å². The Bertz CT molecular complexity index is 1250. The molecule has 0 bridgehead atoms. The van der Waals surface area contributed by atoms with Crippen molar-refractivity contribution in [1.82, 2.24) is 0 Å². The SMILES string of the molecule is CC1=NN(c2ccc(C)cc2)C(=O)[C@]12Cc1ccccc1N1CC[C@H](Cc3ccccc3)C[C@H]12. The molecular formula is C30H31N3O. The summed E-state index contributed by atoms with van der Waals surface area (Å²) in [5.74, 6) is 0.679. The molecule has 1 spiro atoms. The molecule has 1 amide bonds. The number of benzene rings is 3. The number of amides is 1. The second-order valence-electron chi connectivity index (χ2n) is 10.2. The number of piperidine rings is 1. The highest BCUT2D eigenvalue weighted by atomic mass is 16.2. The molecule has 0 saturated carbocycles. The number of hydrazone groups is 1. The average Bonchev–Trinajstić information content (AvgIpc) is 3.11. The first-order valence-electron chi connectivity index (χ1n) is 12.4. The number of hydrogen-bond acceptors (Lipinski definition) is 3. The largest absolute Gasteiger partial charge is 0.367 e. The Morgan fingerprint density at radius 1 is 0.941 bits per heavy atom. The molecule has 4 nitrogen and oxygen atoms in total. The molecule has 3 atom stereocenters. The maximum absolute atomic E-state index is 14.3. The molecule has 0 aliphatic carbocycles. The molecular weight excluding hydrogens is 418 g/mol. The zero-order valence-corrected chi connectivity index (χ0v) is 19.9. The lowest BCUT2D eigenvalue weighted by Gasteiger charge is -2.52. The van der Waals surface area contributed by atoms with Crippen molar-refractivity contribution in [2.75, 3.05) is 16.5 Å². The standard InChI is InChI=1S/C30H31N3O/c1-21-12-14-26(15-13-21)33-29(34)30(22(2)31-33)20-25-10-6-7-11-27(25)32-17-16-24(19-28(30)32)18-23-8-4-3-5-9-23/h3-15,24,28H,16-20H2,1-2H3/t24-,28+,30-/m1/s1. The maximum Gasteiger partial charge on any atom is 0.261 e. The van der Waals surface area contributed by atoms with E-state index in [-0.39, 0.29) is 11.9 Å². The minimum Gasteiger partial charge on any atom is -0.367 e. The second-order valence-corrected chi connectivity index (χ2v) is 10.2. The Morgan fingerprint density at radius 2 is 1.68 bits per heavy atom. The number of para-hydroxylation sites is 1. The van der Waals surface area contributed by atoms with E-state index in [9.17, 15) is 4.79 Å². The van der Waals surface area contributed by atoms with Crippen LogP contribution in [0.5, 0.6) is 0 Å². The van der Waals surface area contributed by atoms with E-state index in [2.05, 4.69) is 85.5 Å². The van der Waals surface area contributed by atoms with Crippen LogP contribution in [0.4, 0.5) is 11.4 Å². The zero-order chi connectivity index (χ0) is 23.3. The summed E-state index contributed by atoms with van der Waals surface area (Å²) in [6.45, 7) is 5.11. The van der Waals surface area contributed by atoms with Crippen molar-refractivity contribution >= 4 is 23.0 Å². The summed E-state index contributed by atoms with van der Waals surface area (Å²) in [7, 11) is 0. The topological polar surface area (TPSA) is 35.9 Å². The van der Waals surface area contributed by atoms with E-state index in [1.54, 1.807) is 5.01 Å². The summed E-state index contributed by atoms with van der Waals surface area (Å²) in [5, 5.41) is 6.56. The molecule has 3 aliphatic rings. The first kappa shape index (κ1) is 21.2. The molecule has 3 aromatic rings. The fraction of sp³-hybridized carbons (Fsp3) is 0.333. The third kappa shape index (κ3) is 3.27. The normalized spacial score (nSPS) is 25.8. The summed E-state index contributed by atoms with van der Waals surface area (Å²) in [6, 6.07) is 27.7. The number of rotatable bonds is 3. The van der Waals surface area contributed by atoms with Crippen molar-refractivity contribution in [3.05, 3.63) is 95.6 Å². The lowest BCUT2D eigenvalue weighted by molar-refractivity contribution is -0.125. The Labute approximate surface area is 201 Å². The molecule has 3 heterocycles. The molecule has 0 radical (unpaired) electrons. The lowest BCUT2D eigenvalue weighted by atomic mass is 9.64. The highest BCUT2D eigenvalue weighted by Gasteiger charge is 2.59. The van der Waals surface area contributed by atoms with Crippen LogP contribution in [-0.4, -0.2) is 24.2 Å². The average molecular weight is 450 g/mol. The number of anilines is 2. The predicted molar refractivity (Wildman–Crippen MR) is 138 cm³/mol. The predicted octanol–water partition coefficient (Wildman–Crippen LogP) is 5.79. The van der Waals surface area contributed by atoms with Crippen LogP contribution in [-0.2, 0) is 17.6 Å². The molecule has 4 heteroatoms. The van der Waals surface area contributed by atoms with Gasteiger partial charge < -0.3 is 4.90 Å². The molecule has 3 aliphatic heterocycles. The van der Waals surface area contributed by atoms with Gasteiger partial charge in [0.2, 0.25) is 0 Å². The van der Waals surface area contributed by atoms with Crippen LogP contribution in [0.25, 0.3) is 0 Å². The molecule has 34 heavy (non-hydrogen) atoms. The van der Waals surface area contributed by atoms with Crippen molar-refractivity contribution in [3.8, 4) is 0 Å². The fourth-order valence-electron chi connectivity index (χ4n) is 6.36. The number of carbonyl (C=O) groups is 1. The van der Waals surface area contributed by atoms with Crippen molar-refractivity contribution in [2.24, 2.45) is 16.4 Å². The molecule has 1 saturated heterocycles. The Morgan fingerprint density at radius 3 is 2.47 bits per heavy atom. The third-order valence-corrected chi connectivity index (χ3v) is 8.17. The Balaban J connectivity index is 1.39. The highest BCUT2D eigenvalue weighted by molar-refractivity contribution is 6.20. The zero-order valence-electron chi connectivity index (χ0n) is 19.9. The van der Waals surface area contributed by atoms with E-state index >= 15 is 0 Å². The van der Waals surface area contributed by atoms with Crippen LogP contribution < -0.4 is 9.91 Å². The van der Waals surface area contributed by atoms with Gasteiger partial charge in [0.15, 0.2) is 0 Å². The van der Waals surface area contributed by atoms with Gasteiger partial charge in [-0.25, -0.2) is 0 Å².